The third-order valence-corrected chi connectivity index (χ3v) is 4.63. The van der Waals surface area contributed by atoms with Gasteiger partial charge in [0.25, 0.3) is 0 Å². The number of rotatable bonds is 6. The lowest BCUT2D eigenvalue weighted by molar-refractivity contribution is 0.432. The van der Waals surface area contributed by atoms with E-state index in [0.717, 1.165) is 29.7 Å². The standard InChI is InChI=1S/C15H21NOS/c1-13-8-4-5-9-14(13)18(17)11-7-6-10-15(2,3)12-16/h4-5,8-9H,6-7,10-11H2,1-3H3. The molecule has 0 bridgehead atoms. The van der Waals surface area contributed by atoms with Gasteiger partial charge in [0.1, 0.15) is 0 Å². The van der Waals surface area contributed by atoms with Gasteiger partial charge in [0, 0.05) is 10.6 Å². The summed E-state index contributed by atoms with van der Waals surface area (Å²) >= 11 is 0. The molecule has 0 saturated heterocycles. The summed E-state index contributed by atoms with van der Waals surface area (Å²) in [6, 6.07) is 10.1. The first-order chi connectivity index (χ1) is 8.46. The van der Waals surface area contributed by atoms with Crippen molar-refractivity contribution in [3.63, 3.8) is 0 Å². The van der Waals surface area contributed by atoms with Crippen LogP contribution in [0.2, 0.25) is 0 Å². The zero-order valence-electron chi connectivity index (χ0n) is 11.4. The van der Waals surface area contributed by atoms with Gasteiger partial charge in [-0.15, -0.1) is 0 Å². The summed E-state index contributed by atoms with van der Waals surface area (Å²) in [7, 11) is -0.908. The van der Waals surface area contributed by atoms with Gasteiger partial charge in [-0.3, -0.25) is 4.21 Å². The maximum Gasteiger partial charge on any atom is 0.0683 e. The summed E-state index contributed by atoms with van der Waals surface area (Å²) in [5, 5.41) is 8.91. The van der Waals surface area contributed by atoms with Crippen LogP contribution in [0.5, 0.6) is 0 Å². The van der Waals surface area contributed by atoms with Crippen LogP contribution in [0.3, 0.4) is 0 Å². The van der Waals surface area contributed by atoms with Crippen LogP contribution in [0.4, 0.5) is 0 Å². The minimum atomic E-state index is -0.908. The highest BCUT2D eigenvalue weighted by molar-refractivity contribution is 7.85. The second kappa shape index (κ2) is 6.70. The number of hydrogen-bond acceptors (Lipinski definition) is 2. The molecule has 0 aliphatic heterocycles. The molecule has 1 unspecified atom stereocenters. The Morgan fingerprint density at radius 1 is 1.28 bits per heavy atom. The SMILES string of the molecule is Cc1ccccc1S(=O)CCCCC(C)(C)C#N. The molecule has 1 aromatic carbocycles. The van der Waals surface area contributed by atoms with E-state index in [2.05, 4.69) is 6.07 Å². The molecule has 0 amide bonds. The smallest absolute Gasteiger partial charge is 0.0683 e. The van der Waals surface area contributed by atoms with Crippen LogP contribution < -0.4 is 0 Å². The fourth-order valence-electron chi connectivity index (χ4n) is 1.78. The van der Waals surface area contributed by atoms with Crippen LogP contribution in [-0.2, 0) is 10.8 Å². The highest BCUT2D eigenvalue weighted by atomic mass is 32.2. The Kier molecular flexibility index (Phi) is 5.55. The topological polar surface area (TPSA) is 40.9 Å². The molecule has 0 N–H and O–H groups in total. The number of benzene rings is 1. The van der Waals surface area contributed by atoms with Gasteiger partial charge in [0.15, 0.2) is 0 Å². The lowest BCUT2D eigenvalue weighted by atomic mass is 9.89. The summed E-state index contributed by atoms with van der Waals surface area (Å²) in [5.41, 5.74) is 0.831. The van der Waals surface area contributed by atoms with Crippen molar-refractivity contribution >= 4 is 10.8 Å². The van der Waals surface area contributed by atoms with Crippen LogP contribution in [-0.4, -0.2) is 9.96 Å². The van der Waals surface area contributed by atoms with Crippen molar-refractivity contribution in [2.24, 2.45) is 5.41 Å². The monoisotopic (exact) mass is 263 g/mol. The third-order valence-electron chi connectivity index (χ3n) is 3.02. The van der Waals surface area contributed by atoms with Crippen LogP contribution >= 0.6 is 0 Å². The minimum absolute atomic E-state index is 0.260. The number of nitrogens with zero attached hydrogens (tertiary/aromatic N) is 1. The second-order valence-electron chi connectivity index (χ2n) is 5.27. The van der Waals surface area contributed by atoms with Crippen molar-refractivity contribution in [3.8, 4) is 6.07 Å². The van der Waals surface area contributed by atoms with Crippen LogP contribution in [0.25, 0.3) is 0 Å². The van der Waals surface area contributed by atoms with E-state index in [4.69, 9.17) is 5.26 Å². The normalized spacial score (nSPS) is 13.0. The van der Waals surface area contributed by atoms with E-state index in [1.165, 1.54) is 0 Å². The van der Waals surface area contributed by atoms with E-state index in [1.807, 2.05) is 45.0 Å². The number of unbranched alkanes of at least 4 members (excludes halogenated alkanes) is 1. The molecular formula is C15H21NOS. The third kappa shape index (κ3) is 4.62. The van der Waals surface area contributed by atoms with Crippen LogP contribution in [0.1, 0.15) is 38.7 Å². The first kappa shape index (κ1) is 14.9. The number of aryl methyl sites for hydroxylation is 1. The molecule has 0 spiro atoms. The molecule has 0 heterocycles. The molecule has 18 heavy (non-hydrogen) atoms. The number of nitriles is 1. The zero-order valence-corrected chi connectivity index (χ0v) is 12.2. The lowest BCUT2D eigenvalue weighted by Crippen LogP contribution is -2.08. The zero-order chi connectivity index (χ0) is 13.6. The number of hydrogen-bond donors (Lipinski definition) is 0. The average Bonchev–Trinajstić information content (AvgIpc) is 2.35. The Morgan fingerprint density at radius 2 is 1.94 bits per heavy atom. The van der Waals surface area contributed by atoms with E-state index in [-0.39, 0.29) is 5.41 Å². The molecule has 0 aromatic heterocycles. The largest absolute Gasteiger partial charge is 0.254 e. The lowest BCUT2D eigenvalue weighted by Gasteiger charge is -2.14. The fourth-order valence-corrected chi connectivity index (χ4v) is 3.12. The van der Waals surface area contributed by atoms with E-state index in [9.17, 15) is 4.21 Å². The molecule has 0 radical (unpaired) electrons. The van der Waals surface area contributed by atoms with Crippen LogP contribution in [0.15, 0.2) is 29.2 Å². The molecule has 1 aromatic rings. The second-order valence-corrected chi connectivity index (χ2v) is 6.81. The van der Waals surface area contributed by atoms with Gasteiger partial charge in [-0.25, -0.2) is 0 Å². The van der Waals surface area contributed by atoms with Gasteiger partial charge in [0.2, 0.25) is 0 Å². The average molecular weight is 263 g/mol. The van der Waals surface area contributed by atoms with Crippen molar-refractivity contribution in [2.75, 3.05) is 5.75 Å². The Balaban J connectivity index is 2.40. The highest BCUT2D eigenvalue weighted by Gasteiger charge is 2.16. The van der Waals surface area contributed by atoms with Crippen molar-refractivity contribution in [3.05, 3.63) is 29.8 Å². The van der Waals surface area contributed by atoms with Crippen molar-refractivity contribution in [1.29, 1.82) is 5.26 Å². The van der Waals surface area contributed by atoms with E-state index in [0.29, 0.717) is 5.75 Å². The first-order valence-corrected chi connectivity index (χ1v) is 7.63. The summed E-state index contributed by atoms with van der Waals surface area (Å²) in [4.78, 5) is 0.942. The molecule has 1 atom stereocenters. The van der Waals surface area contributed by atoms with E-state index >= 15 is 0 Å². The van der Waals surface area contributed by atoms with Gasteiger partial charge >= 0.3 is 0 Å². The molecule has 3 heteroatoms. The fraction of sp³-hybridized carbons (Fsp3) is 0.533. The molecule has 0 fully saturated rings. The van der Waals surface area contributed by atoms with Crippen molar-refractivity contribution in [1.82, 2.24) is 0 Å². The Bertz CT molecular complexity index is 460. The molecule has 1 rings (SSSR count). The summed E-state index contributed by atoms with van der Waals surface area (Å²) in [6.07, 6.45) is 2.73. The summed E-state index contributed by atoms with van der Waals surface area (Å²) in [5.74, 6) is 0.687. The van der Waals surface area contributed by atoms with Crippen molar-refractivity contribution < 1.29 is 4.21 Å². The first-order valence-electron chi connectivity index (χ1n) is 6.31. The quantitative estimate of drug-likeness (QED) is 0.732. The van der Waals surface area contributed by atoms with Gasteiger partial charge in [-0.05, 0) is 45.2 Å². The van der Waals surface area contributed by atoms with Crippen molar-refractivity contribution in [2.45, 2.75) is 44.9 Å². The van der Waals surface area contributed by atoms with E-state index in [1.54, 1.807) is 0 Å². The molecule has 2 nitrogen and oxygen atoms in total. The van der Waals surface area contributed by atoms with E-state index < -0.39 is 10.8 Å². The molecule has 98 valence electrons. The van der Waals surface area contributed by atoms with Crippen LogP contribution in [0, 0.1) is 23.7 Å². The van der Waals surface area contributed by atoms with Gasteiger partial charge in [-0.2, -0.15) is 5.26 Å². The predicted octanol–water partition coefficient (Wildman–Crippen LogP) is 3.82. The maximum absolute atomic E-state index is 12.1. The molecule has 0 saturated carbocycles. The Labute approximate surface area is 112 Å². The minimum Gasteiger partial charge on any atom is -0.254 e. The predicted molar refractivity (Wildman–Crippen MR) is 75.7 cm³/mol. The van der Waals surface area contributed by atoms with Gasteiger partial charge < -0.3 is 0 Å². The molecular weight excluding hydrogens is 242 g/mol. The van der Waals surface area contributed by atoms with Gasteiger partial charge in [-0.1, -0.05) is 24.6 Å². The summed E-state index contributed by atoms with van der Waals surface area (Å²) in [6.45, 7) is 5.89. The molecule has 0 aliphatic rings. The Hall–Kier alpha value is -1.14. The van der Waals surface area contributed by atoms with Gasteiger partial charge in [0.05, 0.1) is 22.3 Å². The maximum atomic E-state index is 12.1. The highest BCUT2D eigenvalue weighted by Crippen LogP contribution is 2.22. The summed E-state index contributed by atoms with van der Waals surface area (Å²) < 4.78 is 12.1. The molecule has 0 aliphatic carbocycles. The Morgan fingerprint density at radius 3 is 2.56 bits per heavy atom.